The number of benzene rings is 4. The van der Waals surface area contributed by atoms with Crippen LogP contribution in [0.2, 0.25) is 0 Å². The molecule has 0 aromatic heterocycles. The SMILES string of the molecule is Cc1cccc(Oc2ccc(C(C)(C)c3ccc(Oc4cccc(C)c4)cc3)cc2)c1. The standard InChI is InChI=1S/C29H28O2/c1-21-7-5-9-27(19-21)30-25-15-11-23(12-16-25)29(3,4)24-13-17-26(18-14-24)31-28-10-6-8-22(2)20-28/h5-20H,1-4H3. The Hall–Kier alpha value is -3.52. The van der Waals surface area contributed by atoms with Crippen LogP contribution in [-0.2, 0) is 5.41 Å². The molecule has 0 aliphatic rings. The van der Waals surface area contributed by atoms with Gasteiger partial charge in [-0.1, -0.05) is 62.4 Å². The van der Waals surface area contributed by atoms with Gasteiger partial charge in [-0.3, -0.25) is 0 Å². The smallest absolute Gasteiger partial charge is 0.127 e. The fourth-order valence-electron chi connectivity index (χ4n) is 3.68. The maximum atomic E-state index is 6.00. The van der Waals surface area contributed by atoms with Gasteiger partial charge < -0.3 is 9.47 Å². The average Bonchev–Trinajstić information content (AvgIpc) is 2.75. The van der Waals surface area contributed by atoms with E-state index in [1.54, 1.807) is 0 Å². The Morgan fingerprint density at radius 3 is 1.23 bits per heavy atom. The van der Waals surface area contributed by atoms with E-state index in [1.807, 2.05) is 60.7 Å². The summed E-state index contributed by atoms with van der Waals surface area (Å²) in [7, 11) is 0. The van der Waals surface area contributed by atoms with Gasteiger partial charge in [-0.05, 0) is 84.6 Å². The molecular weight excluding hydrogens is 380 g/mol. The molecule has 0 radical (unpaired) electrons. The van der Waals surface area contributed by atoms with Crippen LogP contribution < -0.4 is 9.47 Å². The third kappa shape index (κ3) is 4.97. The molecule has 0 saturated carbocycles. The fourth-order valence-corrected chi connectivity index (χ4v) is 3.68. The number of ether oxygens (including phenoxy) is 2. The molecule has 0 atom stereocenters. The second-order valence-electron chi connectivity index (χ2n) is 8.51. The molecule has 0 saturated heterocycles. The molecule has 0 bridgehead atoms. The molecule has 0 spiro atoms. The van der Waals surface area contributed by atoms with E-state index in [4.69, 9.17) is 9.47 Å². The van der Waals surface area contributed by atoms with Crippen LogP contribution in [0.4, 0.5) is 0 Å². The summed E-state index contributed by atoms with van der Waals surface area (Å²) in [6.45, 7) is 8.60. The van der Waals surface area contributed by atoms with E-state index in [0.29, 0.717) is 0 Å². The first-order chi connectivity index (χ1) is 14.9. The Kier molecular flexibility index (Phi) is 5.81. The average molecular weight is 409 g/mol. The lowest BCUT2D eigenvalue weighted by molar-refractivity contribution is 0.481. The van der Waals surface area contributed by atoms with Crippen molar-refractivity contribution in [3.63, 3.8) is 0 Å². The molecule has 0 aliphatic carbocycles. The van der Waals surface area contributed by atoms with Crippen molar-refractivity contribution in [2.24, 2.45) is 0 Å². The Labute approximate surface area is 185 Å². The van der Waals surface area contributed by atoms with E-state index in [9.17, 15) is 0 Å². The second kappa shape index (κ2) is 8.69. The predicted molar refractivity (Wildman–Crippen MR) is 128 cm³/mol. The first-order valence-corrected chi connectivity index (χ1v) is 10.6. The van der Waals surface area contributed by atoms with Crippen LogP contribution in [0, 0.1) is 13.8 Å². The second-order valence-corrected chi connectivity index (χ2v) is 8.51. The molecular formula is C29H28O2. The van der Waals surface area contributed by atoms with E-state index in [2.05, 4.69) is 64.1 Å². The summed E-state index contributed by atoms with van der Waals surface area (Å²) in [5, 5.41) is 0. The van der Waals surface area contributed by atoms with Gasteiger partial charge >= 0.3 is 0 Å². The van der Waals surface area contributed by atoms with Crippen molar-refractivity contribution in [2.45, 2.75) is 33.1 Å². The van der Waals surface area contributed by atoms with Gasteiger partial charge in [-0.15, -0.1) is 0 Å². The van der Waals surface area contributed by atoms with Crippen molar-refractivity contribution in [3.05, 3.63) is 119 Å². The summed E-state index contributed by atoms with van der Waals surface area (Å²) in [6, 6.07) is 32.9. The monoisotopic (exact) mass is 408 g/mol. The molecule has 2 nitrogen and oxygen atoms in total. The van der Waals surface area contributed by atoms with Crippen LogP contribution in [-0.4, -0.2) is 0 Å². The zero-order valence-electron chi connectivity index (χ0n) is 18.6. The van der Waals surface area contributed by atoms with E-state index in [-0.39, 0.29) is 5.41 Å². The molecule has 0 heterocycles. The summed E-state index contributed by atoms with van der Waals surface area (Å²) >= 11 is 0. The van der Waals surface area contributed by atoms with Crippen molar-refractivity contribution in [1.82, 2.24) is 0 Å². The minimum absolute atomic E-state index is 0.135. The zero-order valence-corrected chi connectivity index (χ0v) is 18.6. The highest BCUT2D eigenvalue weighted by Gasteiger charge is 2.23. The number of hydrogen-bond acceptors (Lipinski definition) is 2. The molecule has 0 N–H and O–H groups in total. The Morgan fingerprint density at radius 2 is 0.871 bits per heavy atom. The van der Waals surface area contributed by atoms with Gasteiger partial charge in [0, 0.05) is 5.41 Å². The van der Waals surface area contributed by atoms with E-state index in [1.165, 1.54) is 22.3 Å². The lowest BCUT2D eigenvalue weighted by Crippen LogP contribution is -2.18. The maximum Gasteiger partial charge on any atom is 0.127 e. The first kappa shape index (κ1) is 20.7. The maximum absolute atomic E-state index is 6.00. The summed E-state index contributed by atoms with van der Waals surface area (Å²) in [6.07, 6.45) is 0. The highest BCUT2D eigenvalue weighted by molar-refractivity contribution is 5.43. The lowest BCUT2D eigenvalue weighted by Gasteiger charge is -2.26. The van der Waals surface area contributed by atoms with Gasteiger partial charge in [0.1, 0.15) is 23.0 Å². The third-order valence-electron chi connectivity index (χ3n) is 5.60. The Balaban J connectivity index is 1.48. The molecule has 2 heteroatoms. The summed E-state index contributed by atoms with van der Waals surface area (Å²) in [5.41, 5.74) is 4.70. The van der Waals surface area contributed by atoms with Gasteiger partial charge in [0.25, 0.3) is 0 Å². The van der Waals surface area contributed by atoms with E-state index < -0.39 is 0 Å². The van der Waals surface area contributed by atoms with Gasteiger partial charge in [0.05, 0.1) is 0 Å². The fraction of sp³-hybridized carbons (Fsp3) is 0.172. The van der Waals surface area contributed by atoms with Crippen molar-refractivity contribution in [1.29, 1.82) is 0 Å². The number of aryl methyl sites for hydroxylation is 2. The van der Waals surface area contributed by atoms with Gasteiger partial charge in [-0.25, -0.2) is 0 Å². The highest BCUT2D eigenvalue weighted by atomic mass is 16.5. The zero-order chi connectivity index (χ0) is 21.8. The molecule has 0 amide bonds. The van der Waals surface area contributed by atoms with Crippen molar-refractivity contribution in [3.8, 4) is 23.0 Å². The van der Waals surface area contributed by atoms with Gasteiger partial charge in [0.2, 0.25) is 0 Å². The van der Waals surface area contributed by atoms with Crippen molar-refractivity contribution < 1.29 is 9.47 Å². The van der Waals surface area contributed by atoms with Gasteiger partial charge in [0.15, 0.2) is 0 Å². The normalized spacial score (nSPS) is 11.2. The highest BCUT2D eigenvalue weighted by Crippen LogP contribution is 2.34. The quantitative estimate of drug-likeness (QED) is 0.320. The number of hydrogen-bond donors (Lipinski definition) is 0. The molecule has 156 valence electrons. The molecule has 4 aromatic rings. The van der Waals surface area contributed by atoms with Crippen LogP contribution in [0.25, 0.3) is 0 Å². The van der Waals surface area contributed by atoms with Crippen LogP contribution in [0.15, 0.2) is 97.1 Å². The summed E-state index contributed by atoms with van der Waals surface area (Å²) in [4.78, 5) is 0. The minimum atomic E-state index is -0.135. The van der Waals surface area contributed by atoms with Crippen molar-refractivity contribution >= 4 is 0 Å². The molecule has 4 aromatic carbocycles. The van der Waals surface area contributed by atoms with Crippen LogP contribution in [0.1, 0.15) is 36.1 Å². The molecule has 31 heavy (non-hydrogen) atoms. The van der Waals surface area contributed by atoms with Crippen molar-refractivity contribution in [2.75, 3.05) is 0 Å². The lowest BCUT2D eigenvalue weighted by atomic mass is 9.78. The molecule has 0 aliphatic heterocycles. The first-order valence-electron chi connectivity index (χ1n) is 10.6. The molecule has 4 rings (SSSR count). The Morgan fingerprint density at radius 1 is 0.484 bits per heavy atom. The Bertz CT molecular complexity index is 1060. The minimum Gasteiger partial charge on any atom is -0.457 e. The largest absolute Gasteiger partial charge is 0.457 e. The molecule has 0 unspecified atom stereocenters. The van der Waals surface area contributed by atoms with E-state index in [0.717, 1.165) is 23.0 Å². The predicted octanol–water partition coefficient (Wildman–Crippen LogP) is 8.21. The van der Waals surface area contributed by atoms with Gasteiger partial charge in [-0.2, -0.15) is 0 Å². The van der Waals surface area contributed by atoms with E-state index >= 15 is 0 Å². The van der Waals surface area contributed by atoms with Crippen LogP contribution in [0.5, 0.6) is 23.0 Å². The number of rotatable bonds is 6. The van der Waals surface area contributed by atoms with Crippen LogP contribution in [0.3, 0.4) is 0 Å². The topological polar surface area (TPSA) is 18.5 Å². The third-order valence-corrected chi connectivity index (χ3v) is 5.60. The molecule has 0 fully saturated rings. The summed E-state index contributed by atoms with van der Waals surface area (Å²) < 4.78 is 12.0. The van der Waals surface area contributed by atoms with Crippen LogP contribution >= 0.6 is 0 Å². The summed E-state index contributed by atoms with van der Waals surface area (Å²) in [5.74, 6) is 3.39.